The third-order valence-corrected chi connectivity index (χ3v) is 6.39. The van der Waals surface area contributed by atoms with Crippen molar-refractivity contribution in [1.82, 2.24) is 4.90 Å². The molecule has 1 N–H and O–H groups in total. The van der Waals surface area contributed by atoms with Crippen LogP contribution in [0.15, 0.2) is 87.2 Å². The van der Waals surface area contributed by atoms with Crippen molar-refractivity contribution < 1.29 is 9.90 Å². The van der Waals surface area contributed by atoms with E-state index in [4.69, 9.17) is 4.99 Å². The quantitative estimate of drug-likeness (QED) is 0.424. The fraction of sp³-hybridized carbons (Fsp3) is 0.120. The van der Waals surface area contributed by atoms with E-state index in [9.17, 15) is 9.90 Å². The van der Waals surface area contributed by atoms with Crippen molar-refractivity contribution in [1.29, 1.82) is 0 Å². The van der Waals surface area contributed by atoms with E-state index < -0.39 is 0 Å². The van der Waals surface area contributed by atoms with Crippen LogP contribution in [0.4, 0.5) is 5.69 Å². The van der Waals surface area contributed by atoms with E-state index in [0.717, 1.165) is 27.7 Å². The van der Waals surface area contributed by atoms with Crippen LogP contribution in [0.1, 0.15) is 16.7 Å². The molecule has 1 aliphatic rings. The molecule has 156 valence electrons. The number of amidine groups is 1. The summed E-state index contributed by atoms with van der Waals surface area (Å²) in [6.45, 7) is 2.56. The summed E-state index contributed by atoms with van der Waals surface area (Å²) in [4.78, 5) is 20.2. The van der Waals surface area contributed by atoms with Crippen molar-refractivity contribution in [2.75, 3.05) is 6.54 Å². The minimum absolute atomic E-state index is 0.105. The fourth-order valence-corrected chi connectivity index (χ4v) is 4.58. The first-order valence-corrected chi connectivity index (χ1v) is 11.5. The van der Waals surface area contributed by atoms with Crippen LogP contribution in [0.5, 0.6) is 5.75 Å². The highest BCUT2D eigenvalue weighted by Crippen LogP contribution is 2.36. The number of aryl methyl sites for hydroxylation is 1. The van der Waals surface area contributed by atoms with Crippen LogP contribution in [0.25, 0.3) is 6.08 Å². The number of rotatable bonds is 5. The number of hydrogen-bond acceptors (Lipinski definition) is 4. The molecule has 1 saturated heterocycles. The number of phenols is 1. The summed E-state index contributed by atoms with van der Waals surface area (Å²) in [5.41, 5.74) is 3.71. The third kappa shape index (κ3) is 5.27. The summed E-state index contributed by atoms with van der Waals surface area (Å²) < 4.78 is 0.835. The van der Waals surface area contributed by atoms with E-state index in [0.29, 0.717) is 22.2 Å². The van der Waals surface area contributed by atoms with Crippen LogP contribution in [-0.4, -0.2) is 27.6 Å². The van der Waals surface area contributed by atoms with Gasteiger partial charge in [0.25, 0.3) is 5.91 Å². The summed E-state index contributed by atoms with van der Waals surface area (Å²) in [5.74, 6) is 0.0232. The molecule has 0 unspecified atom stereocenters. The Bertz CT molecular complexity index is 1160. The van der Waals surface area contributed by atoms with Crippen LogP contribution in [-0.2, 0) is 11.2 Å². The van der Waals surface area contributed by atoms with Crippen LogP contribution in [0.3, 0.4) is 0 Å². The van der Waals surface area contributed by atoms with Crippen LogP contribution >= 0.6 is 27.7 Å². The Labute approximate surface area is 194 Å². The Morgan fingerprint density at radius 1 is 1.06 bits per heavy atom. The van der Waals surface area contributed by atoms with Crippen molar-refractivity contribution in [3.8, 4) is 5.75 Å². The van der Waals surface area contributed by atoms with Gasteiger partial charge < -0.3 is 5.11 Å². The zero-order valence-corrected chi connectivity index (χ0v) is 19.4. The summed E-state index contributed by atoms with van der Waals surface area (Å²) in [7, 11) is 0. The third-order valence-electron chi connectivity index (χ3n) is 4.89. The molecule has 3 aromatic rings. The van der Waals surface area contributed by atoms with Gasteiger partial charge in [0.2, 0.25) is 0 Å². The molecular formula is C25H21BrN2O2S. The lowest BCUT2D eigenvalue weighted by Gasteiger charge is -2.15. The molecule has 4 nitrogen and oxygen atoms in total. The molecule has 0 saturated carbocycles. The molecule has 0 radical (unpaired) electrons. The molecule has 0 aliphatic carbocycles. The molecule has 1 fully saturated rings. The Morgan fingerprint density at radius 3 is 2.55 bits per heavy atom. The average Bonchev–Trinajstić information content (AvgIpc) is 3.05. The highest BCUT2D eigenvalue weighted by atomic mass is 79.9. The number of halogens is 1. The maximum atomic E-state index is 13.2. The smallest absolute Gasteiger partial charge is 0.266 e. The van der Waals surface area contributed by atoms with E-state index in [1.807, 2.05) is 49.4 Å². The van der Waals surface area contributed by atoms with Gasteiger partial charge in [-0.2, -0.15) is 0 Å². The lowest BCUT2D eigenvalue weighted by atomic mass is 10.1. The standard InChI is InChI=1S/C25H21BrN2O2S/c1-17-7-10-21(11-8-17)27-25-28(14-13-18-5-3-2-4-6-18)24(30)23(31-25)16-19-15-20(26)9-12-22(19)29/h2-12,15-16,29H,13-14H2,1H3/b23-16+,27-25?. The number of phenolic OH excluding ortho intramolecular Hbond substituents is 1. The second kappa shape index (κ2) is 9.54. The molecule has 6 heteroatoms. The molecule has 0 bridgehead atoms. The Morgan fingerprint density at radius 2 is 1.81 bits per heavy atom. The van der Waals surface area contributed by atoms with Gasteiger partial charge in [-0.05, 0) is 67.1 Å². The van der Waals surface area contributed by atoms with Gasteiger partial charge in [0.05, 0.1) is 10.6 Å². The van der Waals surface area contributed by atoms with E-state index in [2.05, 4.69) is 28.1 Å². The first-order valence-electron chi connectivity index (χ1n) is 9.89. The number of thioether (sulfide) groups is 1. The van der Waals surface area contributed by atoms with Crippen molar-refractivity contribution in [2.45, 2.75) is 13.3 Å². The fourth-order valence-electron chi connectivity index (χ4n) is 3.19. The van der Waals surface area contributed by atoms with Crippen molar-refractivity contribution >= 4 is 50.5 Å². The summed E-state index contributed by atoms with van der Waals surface area (Å²) in [6, 6.07) is 23.2. The van der Waals surface area contributed by atoms with Gasteiger partial charge in [-0.1, -0.05) is 64.0 Å². The lowest BCUT2D eigenvalue weighted by molar-refractivity contribution is -0.122. The van der Waals surface area contributed by atoms with Crippen LogP contribution < -0.4 is 0 Å². The predicted molar refractivity (Wildman–Crippen MR) is 132 cm³/mol. The van der Waals surface area contributed by atoms with Gasteiger partial charge in [-0.15, -0.1) is 0 Å². The minimum atomic E-state index is -0.105. The maximum Gasteiger partial charge on any atom is 0.266 e. The number of carbonyl (C=O) groups excluding carboxylic acids is 1. The van der Waals surface area contributed by atoms with Gasteiger partial charge in [0, 0.05) is 16.6 Å². The van der Waals surface area contributed by atoms with Gasteiger partial charge in [0.1, 0.15) is 5.75 Å². The summed E-state index contributed by atoms with van der Waals surface area (Å²) in [5, 5.41) is 10.8. The Balaban J connectivity index is 1.66. The van der Waals surface area contributed by atoms with Crippen molar-refractivity contribution in [2.24, 2.45) is 4.99 Å². The molecule has 4 rings (SSSR count). The number of aromatic hydroxyl groups is 1. The normalized spacial score (nSPS) is 16.5. The molecule has 0 spiro atoms. The maximum absolute atomic E-state index is 13.2. The monoisotopic (exact) mass is 492 g/mol. The first-order chi connectivity index (χ1) is 15.0. The van der Waals surface area contributed by atoms with Gasteiger partial charge in [0.15, 0.2) is 5.17 Å². The SMILES string of the molecule is Cc1ccc(N=C2S/C(=C/c3cc(Br)ccc3O)C(=O)N2CCc2ccccc2)cc1. The zero-order valence-electron chi connectivity index (χ0n) is 17.0. The predicted octanol–water partition coefficient (Wildman–Crippen LogP) is 6.31. The highest BCUT2D eigenvalue weighted by Gasteiger charge is 2.33. The molecule has 1 amide bonds. The zero-order chi connectivity index (χ0) is 21.8. The van der Waals surface area contributed by atoms with Crippen molar-refractivity contribution in [3.05, 3.63) is 98.9 Å². The average molecular weight is 493 g/mol. The second-order valence-electron chi connectivity index (χ2n) is 7.24. The molecule has 1 heterocycles. The number of amides is 1. The second-order valence-corrected chi connectivity index (χ2v) is 9.16. The minimum Gasteiger partial charge on any atom is -0.507 e. The number of hydrogen-bond donors (Lipinski definition) is 1. The number of aliphatic imine (C=N–C) groups is 1. The molecule has 0 atom stereocenters. The topological polar surface area (TPSA) is 52.9 Å². The highest BCUT2D eigenvalue weighted by molar-refractivity contribution is 9.10. The number of nitrogens with zero attached hydrogens (tertiary/aromatic N) is 2. The number of carbonyl (C=O) groups is 1. The van der Waals surface area contributed by atoms with Crippen LogP contribution in [0, 0.1) is 6.92 Å². The van der Waals surface area contributed by atoms with Gasteiger partial charge >= 0.3 is 0 Å². The molecule has 3 aromatic carbocycles. The van der Waals surface area contributed by atoms with Crippen LogP contribution in [0.2, 0.25) is 0 Å². The van der Waals surface area contributed by atoms with E-state index in [1.165, 1.54) is 11.8 Å². The number of benzene rings is 3. The van der Waals surface area contributed by atoms with Gasteiger partial charge in [-0.25, -0.2) is 4.99 Å². The Hall–Kier alpha value is -2.83. The molecule has 31 heavy (non-hydrogen) atoms. The van der Waals surface area contributed by atoms with E-state index in [-0.39, 0.29) is 11.7 Å². The first kappa shape index (κ1) is 21.4. The Kier molecular flexibility index (Phi) is 6.59. The lowest BCUT2D eigenvalue weighted by Crippen LogP contribution is -2.31. The molecule has 0 aromatic heterocycles. The summed E-state index contributed by atoms with van der Waals surface area (Å²) >= 11 is 4.75. The van der Waals surface area contributed by atoms with E-state index in [1.54, 1.807) is 29.2 Å². The summed E-state index contributed by atoms with van der Waals surface area (Å²) in [6.07, 6.45) is 2.45. The van der Waals surface area contributed by atoms with Crippen molar-refractivity contribution in [3.63, 3.8) is 0 Å². The van der Waals surface area contributed by atoms with E-state index >= 15 is 0 Å². The molecular weight excluding hydrogens is 472 g/mol. The largest absolute Gasteiger partial charge is 0.507 e. The molecule has 1 aliphatic heterocycles. The van der Waals surface area contributed by atoms with Gasteiger partial charge in [-0.3, -0.25) is 9.69 Å².